The molecule has 2 aromatic rings. The highest BCUT2D eigenvalue weighted by Crippen LogP contribution is 2.44. The van der Waals surface area contributed by atoms with Crippen molar-refractivity contribution in [3.63, 3.8) is 0 Å². The molecular formula is C21H20N2O3S. The molecule has 27 heavy (non-hydrogen) atoms. The molecule has 6 heteroatoms. The fourth-order valence-electron chi connectivity index (χ4n) is 3.00. The number of thiophene rings is 1. The number of allylic oxidation sites excluding steroid dienone is 1. The number of nitrogens with zero attached hydrogens (tertiary/aromatic N) is 1. The number of aryl methyl sites for hydroxylation is 1. The van der Waals surface area contributed by atoms with Crippen molar-refractivity contribution in [3.8, 4) is 6.07 Å². The van der Waals surface area contributed by atoms with Gasteiger partial charge in [0.1, 0.15) is 17.4 Å². The summed E-state index contributed by atoms with van der Waals surface area (Å²) in [4.78, 5) is 14.9. The van der Waals surface area contributed by atoms with Crippen LogP contribution >= 0.6 is 11.3 Å². The van der Waals surface area contributed by atoms with Crippen molar-refractivity contribution in [2.45, 2.75) is 26.2 Å². The second kappa shape index (κ2) is 8.11. The van der Waals surface area contributed by atoms with Gasteiger partial charge < -0.3 is 15.2 Å². The van der Waals surface area contributed by atoms with E-state index in [-0.39, 0.29) is 18.1 Å². The minimum atomic E-state index is -0.608. The number of carbonyl (C=O) groups excluding carboxylic acids is 1. The first-order valence-corrected chi connectivity index (χ1v) is 9.55. The summed E-state index contributed by atoms with van der Waals surface area (Å²) in [5.41, 5.74) is 7.31. The summed E-state index contributed by atoms with van der Waals surface area (Å²) in [5.74, 6) is -0.765. The van der Waals surface area contributed by atoms with Crippen LogP contribution in [0.3, 0.4) is 0 Å². The Balaban J connectivity index is 2.25. The van der Waals surface area contributed by atoms with Crippen LogP contribution in [-0.4, -0.2) is 12.6 Å². The number of hydrogen-bond donors (Lipinski definition) is 1. The maximum atomic E-state index is 12.9. The molecule has 0 aliphatic carbocycles. The quantitative estimate of drug-likeness (QED) is 0.790. The van der Waals surface area contributed by atoms with Crippen molar-refractivity contribution in [1.29, 1.82) is 5.26 Å². The van der Waals surface area contributed by atoms with Crippen molar-refractivity contribution in [3.05, 3.63) is 74.8 Å². The summed E-state index contributed by atoms with van der Waals surface area (Å²) in [7, 11) is 0. The number of rotatable bonds is 5. The van der Waals surface area contributed by atoms with Crippen LogP contribution in [0.4, 0.5) is 0 Å². The SMILES string of the molecule is CCOC(=O)C1=C(c2ccccc2)OC(N)=C(C#N)C1c1ccc(CC)s1. The first kappa shape index (κ1) is 18.7. The molecule has 0 bridgehead atoms. The van der Waals surface area contributed by atoms with E-state index in [0.29, 0.717) is 16.9 Å². The van der Waals surface area contributed by atoms with Gasteiger partial charge in [-0.05, 0) is 25.5 Å². The van der Waals surface area contributed by atoms with Gasteiger partial charge in [-0.3, -0.25) is 0 Å². The number of carbonyl (C=O) groups is 1. The van der Waals surface area contributed by atoms with Gasteiger partial charge in [0.05, 0.1) is 18.1 Å². The van der Waals surface area contributed by atoms with E-state index in [2.05, 4.69) is 13.0 Å². The van der Waals surface area contributed by atoms with E-state index in [1.165, 1.54) is 0 Å². The molecule has 0 fully saturated rings. The average molecular weight is 380 g/mol. The summed E-state index contributed by atoms with van der Waals surface area (Å²) in [6.07, 6.45) is 0.874. The topological polar surface area (TPSA) is 85.3 Å². The number of esters is 1. The number of ether oxygens (including phenoxy) is 2. The van der Waals surface area contributed by atoms with Gasteiger partial charge in [0.2, 0.25) is 5.88 Å². The lowest BCUT2D eigenvalue weighted by Crippen LogP contribution is -2.25. The van der Waals surface area contributed by atoms with Gasteiger partial charge in [-0.15, -0.1) is 11.3 Å². The standard InChI is InChI=1S/C21H20N2O3S/c1-3-14-10-11-16(27-14)17-15(12-22)20(23)26-19(13-8-6-5-7-9-13)18(17)21(24)25-4-2/h5-11,17H,3-4,23H2,1-2H3. The molecule has 1 aliphatic heterocycles. The van der Waals surface area contributed by atoms with Gasteiger partial charge in [-0.1, -0.05) is 37.3 Å². The maximum absolute atomic E-state index is 12.9. The Hall–Kier alpha value is -3.04. The van der Waals surface area contributed by atoms with E-state index in [1.54, 1.807) is 18.3 Å². The van der Waals surface area contributed by atoms with Crippen LogP contribution < -0.4 is 5.73 Å². The molecule has 3 rings (SSSR count). The van der Waals surface area contributed by atoms with Crippen LogP contribution in [0, 0.1) is 11.3 Å². The predicted molar refractivity (Wildman–Crippen MR) is 104 cm³/mol. The molecule has 1 atom stereocenters. The van der Waals surface area contributed by atoms with Crippen LogP contribution in [0.15, 0.2) is 59.5 Å². The Kier molecular flexibility index (Phi) is 5.63. The van der Waals surface area contributed by atoms with Gasteiger partial charge in [0.25, 0.3) is 0 Å². The molecule has 0 saturated heterocycles. The average Bonchev–Trinajstić information content (AvgIpc) is 3.16. The lowest BCUT2D eigenvalue weighted by atomic mass is 9.86. The van der Waals surface area contributed by atoms with Crippen molar-refractivity contribution in [2.75, 3.05) is 6.61 Å². The summed E-state index contributed by atoms with van der Waals surface area (Å²) in [5, 5.41) is 9.71. The fraction of sp³-hybridized carbons (Fsp3) is 0.238. The fourth-order valence-corrected chi connectivity index (χ4v) is 4.08. The highest BCUT2D eigenvalue weighted by atomic mass is 32.1. The van der Waals surface area contributed by atoms with E-state index in [9.17, 15) is 10.1 Å². The van der Waals surface area contributed by atoms with Gasteiger partial charge in [-0.25, -0.2) is 4.79 Å². The normalized spacial score (nSPS) is 16.7. The molecule has 1 aromatic carbocycles. The lowest BCUT2D eigenvalue weighted by Gasteiger charge is -2.27. The Morgan fingerprint density at radius 2 is 2.00 bits per heavy atom. The minimum Gasteiger partial charge on any atom is -0.463 e. The molecule has 5 nitrogen and oxygen atoms in total. The van der Waals surface area contributed by atoms with E-state index < -0.39 is 11.9 Å². The van der Waals surface area contributed by atoms with Gasteiger partial charge in [0, 0.05) is 15.3 Å². The third-order valence-corrected chi connectivity index (χ3v) is 5.56. The van der Waals surface area contributed by atoms with E-state index in [1.807, 2.05) is 42.5 Å². The van der Waals surface area contributed by atoms with Crippen molar-refractivity contribution in [1.82, 2.24) is 0 Å². The van der Waals surface area contributed by atoms with Crippen molar-refractivity contribution >= 4 is 23.1 Å². The van der Waals surface area contributed by atoms with Crippen LogP contribution in [-0.2, 0) is 20.7 Å². The minimum absolute atomic E-state index is 0.0147. The first-order valence-electron chi connectivity index (χ1n) is 8.73. The third-order valence-electron chi connectivity index (χ3n) is 4.27. The molecule has 138 valence electrons. The second-order valence-corrected chi connectivity index (χ2v) is 7.11. The van der Waals surface area contributed by atoms with Crippen molar-refractivity contribution in [2.24, 2.45) is 5.73 Å². The molecular weight excluding hydrogens is 360 g/mol. The molecule has 0 spiro atoms. The number of nitrogens with two attached hydrogens (primary N) is 1. The molecule has 0 radical (unpaired) electrons. The Labute approximate surface area is 162 Å². The molecule has 2 heterocycles. The summed E-state index contributed by atoms with van der Waals surface area (Å²) >= 11 is 1.56. The zero-order valence-corrected chi connectivity index (χ0v) is 16.0. The van der Waals surface area contributed by atoms with Crippen LogP contribution in [0.2, 0.25) is 0 Å². The zero-order chi connectivity index (χ0) is 19.4. The molecule has 2 N–H and O–H groups in total. The molecule has 1 unspecified atom stereocenters. The van der Waals surface area contributed by atoms with Crippen LogP contribution in [0.5, 0.6) is 0 Å². The van der Waals surface area contributed by atoms with Crippen molar-refractivity contribution < 1.29 is 14.3 Å². The highest BCUT2D eigenvalue weighted by Gasteiger charge is 2.38. The number of benzene rings is 1. The Morgan fingerprint density at radius 1 is 1.26 bits per heavy atom. The summed E-state index contributed by atoms with van der Waals surface area (Å²) in [6, 6.07) is 15.3. The highest BCUT2D eigenvalue weighted by molar-refractivity contribution is 7.12. The monoisotopic (exact) mass is 380 g/mol. The molecule has 1 aromatic heterocycles. The zero-order valence-electron chi connectivity index (χ0n) is 15.2. The largest absolute Gasteiger partial charge is 0.463 e. The van der Waals surface area contributed by atoms with Gasteiger partial charge >= 0.3 is 5.97 Å². The number of nitriles is 1. The van der Waals surface area contributed by atoms with E-state index >= 15 is 0 Å². The second-order valence-electron chi connectivity index (χ2n) is 5.91. The van der Waals surface area contributed by atoms with Gasteiger partial charge in [0.15, 0.2) is 0 Å². The molecule has 1 aliphatic rings. The third kappa shape index (κ3) is 3.60. The van der Waals surface area contributed by atoms with Crippen LogP contribution in [0.1, 0.15) is 35.1 Å². The summed E-state index contributed by atoms with van der Waals surface area (Å²) in [6.45, 7) is 4.03. The van der Waals surface area contributed by atoms with Crippen LogP contribution in [0.25, 0.3) is 5.76 Å². The molecule has 0 saturated carbocycles. The predicted octanol–water partition coefficient (Wildman–Crippen LogP) is 4.09. The van der Waals surface area contributed by atoms with E-state index in [0.717, 1.165) is 16.2 Å². The summed E-state index contributed by atoms with van der Waals surface area (Å²) < 4.78 is 11.1. The van der Waals surface area contributed by atoms with Gasteiger partial charge in [-0.2, -0.15) is 5.26 Å². The Morgan fingerprint density at radius 3 is 2.59 bits per heavy atom. The lowest BCUT2D eigenvalue weighted by molar-refractivity contribution is -0.138. The number of hydrogen-bond acceptors (Lipinski definition) is 6. The Bertz CT molecular complexity index is 951. The maximum Gasteiger partial charge on any atom is 0.338 e. The van der Waals surface area contributed by atoms with E-state index in [4.69, 9.17) is 15.2 Å². The molecule has 0 amide bonds. The smallest absolute Gasteiger partial charge is 0.338 e. The first-order chi connectivity index (χ1) is 13.1.